The van der Waals surface area contributed by atoms with Gasteiger partial charge < -0.3 is 10.6 Å². The number of nitrogens with one attached hydrogen (secondary N) is 2. The van der Waals surface area contributed by atoms with E-state index in [-0.39, 0.29) is 5.91 Å². The SMILES string of the molecule is CCNc1nnc(SCC(=O)NC2CCCC2)s1. The van der Waals surface area contributed by atoms with Gasteiger partial charge in [-0.3, -0.25) is 4.79 Å². The van der Waals surface area contributed by atoms with Crippen molar-refractivity contribution >= 4 is 34.1 Å². The van der Waals surface area contributed by atoms with Gasteiger partial charge in [0.05, 0.1) is 5.75 Å². The van der Waals surface area contributed by atoms with Crippen LogP contribution >= 0.6 is 23.1 Å². The summed E-state index contributed by atoms with van der Waals surface area (Å²) in [5, 5.41) is 15.0. The van der Waals surface area contributed by atoms with Crippen molar-refractivity contribution in [3.05, 3.63) is 0 Å². The summed E-state index contributed by atoms with van der Waals surface area (Å²) < 4.78 is 0.840. The summed E-state index contributed by atoms with van der Waals surface area (Å²) in [6.07, 6.45) is 4.72. The number of rotatable bonds is 6. The first-order chi connectivity index (χ1) is 8.78. The molecule has 0 aromatic carbocycles. The molecule has 1 fully saturated rings. The van der Waals surface area contributed by atoms with Crippen LogP contribution in [0.25, 0.3) is 0 Å². The van der Waals surface area contributed by atoms with Crippen molar-refractivity contribution in [2.45, 2.75) is 43.0 Å². The topological polar surface area (TPSA) is 66.9 Å². The third-order valence-electron chi connectivity index (χ3n) is 2.78. The van der Waals surface area contributed by atoms with Gasteiger partial charge in [-0.25, -0.2) is 0 Å². The van der Waals surface area contributed by atoms with Crippen molar-refractivity contribution in [1.82, 2.24) is 15.5 Å². The van der Waals surface area contributed by atoms with Crippen LogP contribution in [-0.4, -0.2) is 34.4 Å². The molecule has 0 aliphatic heterocycles. The van der Waals surface area contributed by atoms with E-state index in [1.165, 1.54) is 35.9 Å². The zero-order valence-electron chi connectivity index (χ0n) is 10.4. The van der Waals surface area contributed by atoms with Gasteiger partial charge in [-0.15, -0.1) is 10.2 Å². The van der Waals surface area contributed by atoms with Gasteiger partial charge in [0, 0.05) is 12.6 Å². The second-order valence-electron chi connectivity index (χ2n) is 4.24. The highest BCUT2D eigenvalue weighted by atomic mass is 32.2. The van der Waals surface area contributed by atoms with Gasteiger partial charge in [0.1, 0.15) is 0 Å². The summed E-state index contributed by atoms with van der Waals surface area (Å²) in [7, 11) is 0. The second kappa shape index (κ2) is 6.94. The van der Waals surface area contributed by atoms with Crippen molar-refractivity contribution in [3.63, 3.8) is 0 Å². The lowest BCUT2D eigenvalue weighted by Gasteiger charge is -2.10. The summed E-state index contributed by atoms with van der Waals surface area (Å²) in [5.74, 6) is 0.532. The van der Waals surface area contributed by atoms with Crippen LogP contribution in [0.5, 0.6) is 0 Å². The minimum atomic E-state index is 0.104. The van der Waals surface area contributed by atoms with Gasteiger partial charge >= 0.3 is 0 Å². The lowest BCUT2D eigenvalue weighted by atomic mass is 10.2. The van der Waals surface area contributed by atoms with Crippen molar-refractivity contribution in [1.29, 1.82) is 0 Å². The van der Waals surface area contributed by atoms with E-state index in [1.807, 2.05) is 6.92 Å². The van der Waals surface area contributed by atoms with Gasteiger partial charge in [-0.05, 0) is 19.8 Å². The molecule has 0 radical (unpaired) electrons. The minimum absolute atomic E-state index is 0.104. The average molecular weight is 286 g/mol. The van der Waals surface area contributed by atoms with Gasteiger partial charge in [0.25, 0.3) is 0 Å². The quantitative estimate of drug-likeness (QED) is 0.784. The summed E-state index contributed by atoms with van der Waals surface area (Å²) in [4.78, 5) is 11.7. The number of hydrogen-bond acceptors (Lipinski definition) is 6. The molecule has 1 aromatic rings. The standard InChI is InChI=1S/C11H18N4OS2/c1-2-12-10-14-15-11(18-10)17-7-9(16)13-8-5-3-4-6-8/h8H,2-7H2,1H3,(H,12,14)(H,13,16). The van der Waals surface area contributed by atoms with E-state index in [0.717, 1.165) is 28.9 Å². The van der Waals surface area contributed by atoms with Crippen LogP contribution in [0.4, 0.5) is 5.13 Å². The molecule has 0 atom stereocenters. The molecule has 0 unspecified atom stereocenters. The Hall–Kier alpha value is -0.820. The highest BCUT2D eigenvalue weighted by molar-refractivity contribution is 8.01. The average Bonchev–Trinajstić information content (AvgIpc) is 2.99. The first-order valence-electron chi connectivity index (χ1n) is 6.27. The van der Waals surface area contributed by atoms with Gasteiger partial charge in [0.15, 0.2) is 4.34 Å². The molecule has 2 rings (SSSR count). The number of carbonyl (C=O) groups excluding carboxylic acids is 1. The number of nitrogens with zero attached hydrogens (tertiary/aromatic N) is 2. The van der Waals surface area contributed by atoms with Crippen LogP contribution in [0.1, 0.15) is 32.6 Å². The highest BCUT2D eigenvalue weighted by Gasteiger charge is 2.17. The Morgan fingerprint density at radius 3 is 2.94 bits per heavy atom. The molecule has 1 heterocycles. The van der Waals surface area contributed by atoms with Crippen LogP contribution in [0.15, 0.2) is 4.34 Å². The maximum absolute atomic E-state index is 11.7. The van der Waals surface area contributed by atoms with E-state index >= 15 is 0 Å². The molecule has 1 aliphatic carbocycles. The Morgan fingerprint density at radius 1 is 1.44 bits per heavy atom. The summed E-state index contributed by atoms with van der Waals surface area (Å²) in [6, 6.07) is 0.393. The Balaban J connectivity index is 1.70. The second-order valence-corrected chi connectivity index (χ2v) is 6.44. The van der Waals surface area contributed by atoms with Crippen LogP contribution < -0.4 is 10.6 Å². The highest BCUT2D eigenvalue weighted by Crippen LogP contribution is 2.25. The first kappa shape index (κ1) is 13.6. The minimum Gasteiger partial charge on any atom is -0.360 e. The van der Waals surface area contributed by atoms with Crippen LogP contribution in [0.2, 0.25) is 0 Å². The molecular formula is C11H18N4OS2. The number of amides is 1. The molecule has 18 heavy (non-hydrogen) atoms. The van der Waals surface area contributed by atoms with E-state index < -0.39 is 0 Å². The smallest absolute Gasteiger partial charge is 0.230 e. The third kappa shape index (κ3) is 4.13. The fourth-order valence-electron chi connectivity index (χ4n) is 1.96. The number of hydrogen-bond donors (Lipinski definition) is 2. The normalized spacial score (nSPS) is 15.8. The molecule has 1 aromatic heterocycles. The molecule has 1 saturated carbocycles. The van der Waals surface area contributed by atoms with E-state index in [2.05, 4.69) is 20.8 Å². The van der Waals surface area contributed by atoms with E-state index in [9.17, 15) is 4.79 Å². The van der Waals surface area contributed by atoms with Crippen molar-refractivity contribution in [2.24, 2.45) is 0 Å². The number of anilines is 1. The van der Waals surface area contributed by atoms with Gasteiger partial charge in [0.2, 0.25) is 11.0 Å². The van der Waals surface area contributed by atoms with Crippen LogP contribution in [0.3, 0.4) is 0 Å². The fraction of sp³-hybridized carbons (Fsp3) is 0.727. The molecule has 100 valence electrons. The molecule has 0 spiro atoms. The molecule has 0 bridgehead atoms. The lowest BCUT2D eigenvalue weighted by Crippen LogP contribution is -2.33. The monoisotopic (exact) mass is 286 g/mol. The Bertz CT molecular complexity index is 390. The number of thioether (sulfide) groups is 1. The molecule has 5 nitrogen and oxygen atoms in total. The molecule has 1 amide bonds. The predicted molar refractivity (Wildman–Crippen MR) is 75.2 cm³/mol. The predicted octanol–water partition coefficient (Wildman–Crippen LogP) is 2.12. The van der Waals surface area contributed by atoms with Gasteiger partial charge in [-0.1, -0.05) is 35.9 Å². The lowest BCUT2D eigenvalue weighted by molar-refractivity contribution is -0.119. The van der Waals surface area contributed by atoms with Crippen molar-refractivity contribution in [3.8, 4) is 0 Å². The van der Waals surface area contributed by atoms with Crippen molar-refractivity contribution in [2.75, 3.05) is 17.6 Å². The molecule has 1 aliphatic rings. The molecule has 0 saturated heterocycles. The Morgan fingerprint density at radius 2 is 2.22 bits per heavy atom. The van der Waals surface area contributed by atoms with E-state index in [1.54, 1.807) is 0 Å². The largest absolute Gasteiger partial charge is 0.360 e. The Kier molecular flexibility index (Phi) is 5.25. The third-order valence-corrected chi connectivity index (χ3v) is 4.80. The van der Waals surface area contributed by atoms with Crippen LogP contribution in [0, 0.1) is 0 Å². The zero-order chi connectivity index (χ0) is 12.8. The maximum atomic E-state index is 11.7. The van der Waals surface area contributed by atoms with E-state index in [0.29, 0.717) is 11.8 Å². The van der Waals surface area contributed by atoms with Crippen LogP contribution in [-0.2, 0) is 4.79 Å². The molecule has 2 N–H and O–H groups in total. The first-order valence-corrected chi connectivity index (χ1v) is 8.07. The van der Waals surface area contributed by atoms with Gasteiger partial charge in [-0.2, -0.15) is 0 Å². The molecule has 7 heteroatoms. The number of carbonyl (C=O) groups is 1. The van der Waals surface area contributed by atoms with Crippen molar-refractivity contribution < 1.29 is 4.79 Å². The summed E-state index contributed by atoms with van der Waals surface area (Å²) in [6.45, 7) is 2.85. The number of aromatic nitrogens is 2. The maximum Gasteiger partial charge on any atom is 0.230 e. The summed E-state index contributed by atoms with van der Waals surface area (Å²) in [5.41, 5.74) is 0. The van der Waals surface area contributed by atoms with E-state index in [4.69, 9.17) is 0 Å². The molecular weight excluding hydrogens is 268 g/mol. The Labute approximate surface area is 115 Å². The summed E-state index contributed by atoms with van der Waals surface area (Å²) >= 11 is 2.94. The fourth-order valence-corrected chi connectivity index (χ4v) is 3.59. The zero-order valence-corrected chi connectivity index (χ0v) is 12.1.